The molecular weight excluding hydrogens is 341 g/mol. The van der Waals surface area contributed by atoms with Crippen LogP contribution in [0.1, 0.15) is 0 Å². The minimum atomic E-state index is -4.73. The SMILES string of the molecule is NC(=S)N=Nc1c(O)cc(S(=O)(=O)[O-])c2ccccc12.O.[Na+]. The van der Waals surface area contributed by atoms with Gasteiger partial charge in [-0.15, -0.1) is 10.2 Å². The number of thiocarbonyl (C=S) groups is 1. The van der Waals surface area contributed by atoms with Gasteiger partial charge in [-0.25, -0.2) is 8.42 Å². The second-order valence-electron chi connectivity index (χ2n) is 3.78. The summed E-state index contributed by atoms with van der Waals surface area (Å²) in [6.45, 7) is 0. The summed E-state index contributed by atoms with van der Waals surface area (Å²) in [5.41, 5.74) is 5.16. The van der Waals surface area contributed by atoms with Crippen molar-refractivity contribution in [2.75, 3.05) is 0 Å². The Morgan fingerprint density at radius 2 is 1.82 bits per heavy atom. The smallest absolute Gasteiger partial charge is 0.744 e. The van der Waals surface area contributed by atoms with Gasteiger partial charge in [0, 0.05) is 16.8 Å². The number of hydrogen-bond donors (Lipinski definition) is 2. The number of azo groups is 1. The standard InChI is InChI=1S/C11H9N3O4S2.Na.H2O/c12-11(19)14-13-10-7-4-2-1-3-6(7)9(5-8(10)15)20(16,17)18;;/h1-5,15H,(H2,12,19)(H,16,17,18);;1H2/q;+1;/p-1. The zero-order chi connectivity index (χ0) is 14.9. The molecule has 11 heteroatoms. The first-order valence-corrected chi connectivity index (χ1v) is 7.04. The summed E-state index contributed by atoms with van der Waals surface area (Å²) in [7, 11) is -4.73. The fourth-order valence-electron chi connectivity index (χ4n) is 1.72. The van der Waals surface area contributed by atoms with E-state index in [4.69, 9.17) is 5.73 Å². The van der Waals surface area contributed by atoms with Crippen LogP contribution in [0.5, 0.6) is 5.75 Å². The van der Waals surface area contributed by atoms with Gasteiger partial charge in [0.05, 0.1) is 4.90 Å². The van der Waals surface area contributed by atoms with E-state index in [1.807, 2.05) is 0 Å². The zero-order valence-electron chi connectivity index (χ0n) is 11.3. The molecular formula is C11H10N3NaO5S2. The summed E-state index contributed by atoms with van der Waals surface area (Å²) >= 11 is 4.54. The van der Waals surface area contributed by atoms with Crippen molar-refractivity contribution in [2.24, 2.45) is 16.0 Å². The topological polar surface area (TPSA) is 160 Å². The number of rotatable bonds is 2. The van der Waals surface area contributed by atoms with Crippen LogP contribution in [0.4, 0.5) is 5.69 Å². The molecule has 0 aliphatic rings. The van der Waals surface area contributed by atoms with Crippen LogP contribution >= 0.6 is 12.2 Å². The quantitative estimate of drug-likeness (QED) is 0.274. The van der Waals surface area contributed by atoms with Gasteiger partial charge in [0.1, 0.15) is 21.6 Å². The predicted molar refractivity (Wildman–Crippen MR) is 78.5 cm³/mol. The van der Waals surface area contributed by atoms with E-state index in [-0.39, 0.29) is 56.6 Å². The molecule has 0 saturated carbocycles. The van der Waals surface area contributed by atoms with Crippen molar-refractivity contribution in [3.05, 3.63) is 30.3 Å². The second-order valence-corrected chi connectivity index (χ2v) is 5.55. The maximum atomic E-state index is 11.2. The van der Waals surface area contributed by atoms with E-state index in [0.717, 1.165) is 6.07 Å². The fraction of sp³-hybridized carbons (Fsp3) is 0. The summed E-state index contributed by atoms with van der Waals surface area (Å²) in [6.07, 6.45) is 0. The number of aromatic hydroxyl groups is 1. The van der Waals surface area contributed by atoms with Gasteiger partial charge in [-0.2, -0.15) is 0 Å². The minimum absolute atomic E-state index is 0. The van der Waals surface area contributed by atoms with Crippen molar-refractivity contribution in [1.29, 1.82) is 0 Å². The van der Waals surface area contributed by atoms with E-state index in [1.54, 1.807) is 12.1 Å². The van der Waals surface area contributed by atoms with Crippen LogP contribution in [0, 0.1) is 0 Å². The Bertz CT molecular complexity index is 839. The summed E-state index contributed by atoms with van der Waals surface area (Å²) in [5, 5.41) is 17.1. The van der Waals surface area contributed by atoms with Crippen LogP contribution in [0.15, 0.2) is 45.5 Å². The molecule has 0 aliphatic carbocycles. The van der Waals surface area contributed by atoms with Crippen LogP contribution in [0.2, 0.25) is 0 Å². The Balaban J connectivity index is 0.00000220. The van der Waals surface area contributed by atoms with Gasteiger partial charge < -0.3 is 20.9 Å². The minimum Gasteiger partial charge on any atom is -0.744 e. The third-order valence-electron chi connectivity index (χ3n) is 2.48. The van der Waals surface area contributed by atoms with Gasteiger partial charge in [-0.05, 0) is 12.2 Å². The fourth-order valence-corrected chi connectivity index (χ4v) is 2.47. The molecule has 0 fully saturated rings. The average molecular weight is 351 g/mol. The molecule has 0 aromatic heterocycles. The van der Waals surface area contributed by atoms with E-state index in [0.29, 0.717) is 0 Å². The van der Waals surface area contributed by atoms with Gasteiger partial charge in [-0.1, -0.05) is 24.3 Å². The molecule has 0 spiro atoms. The maximum Gasteiger partial charge on any atom is 1.00 e. The first kappa shape index (κ1) is 20.9. The van der Waals surface area contributed by atoms with E-state index >= 15 is 0 Å². The molecule has 0 atom stereocenters. The molecule has 2 rings (SSSR count). The molecule has 0 saturated heterocycles. The Morgan fingerprint density at radius 1 is 1.27 bits per heavy atom. The normalized spacial score (nSPS) is 11.0. The number of nitrogens with zero attached hydrogens (tertiary/aromatic N) is 2. The third-order valence-corrected chi connectivity index (χ3v) is 3.43. The Hall–Kier alpha value is -1.14. The van der Waals surface area contributed by atoms with Crippen LogP contribution in [0.3, 0.4) is 0 Å². The molecule has 0 amide bonds. The molecule has 112 valence electrons. The number of benzene rings is 2. The Labute approximate surface area is 153 Å². The van der Waals surface area contributed by atoms with Gasteiger partial charge in [0.2, 0.25) is 5.11 Å². The molecule has 0 radical (unpaired) electrons. The molecule has 0 unspecified atom stereocenters. The zero-order valence-corrected chi connectivity index (χ0v) is 15.0. The molecule has 0 aliphatic heterocycles. The van der Waals surface area contributed by atoms with Crippen molar-refractivity contribution in [1.82, 2.24) is 0 Å². The van der Waals surface area contributed by atoms with E-state index in [1.165, 1.54) is 12.1 Å². The molecule has 8 nitrogen and oxygen atoms in total. The Morgan fingerprint density at radius 3 is 2.32 bits per heavy atom. The van der Waals surface area contributed by atoms with E-state index in [2.05, 4.69) is 22.4 Å². The number of phenols is 1. The monoisotopic (exact) mass is 351 g/mol. The van der Waals surface area contributed by atoms with Crippen molar-refractivity contribution in [3.63, 3.8) is 0 Å². The Kier molecular flexibility index (Phi) is 7.51. The molecule has 0 heterocycles. The summed E-state index contributed by atoms with van der Waals surface area (Å²) < 4.78 is 33.6. The largest absolute Gasteiger partial charge is 1.00 e. The first-order valence-electron chi connectivity index (χ1n) is 5.22. The van der Waals surface area contributed by atoms with Gasteiger partial charge in [0.25, 0.3) is 0 Å². The third kappa shape index (κ3) is 4.43. The predicted octanol–water partition coefficient (Wildman–Crippen LogP) is -2.04. The number of phenolic OH excluding ortho intramolecular Hbond substituents is 1. The van der Waals surface area contributed by atoms with Gasteiger partial charge >= 0.3 is 29.6 Å². The van der Waals surface area contributed by atoms with E-state index in [9.17, 15) is 18.1 Å². The summed E-state index contributed by atoms with van der Waals surface area (Å²) in [5.74, 6) is -0.502. The molecule has 2 aromatic carbocycles. The van der Waals surface area contributed by atoms with Crippen molar-refractivity contribution < 1.29 is 53.1 Å². The summed E-state index contributed by atoms with van der Waals surface area (Å²) in [4.78, 5) is -0.528. The van der Waals surface area contributed by atoms with Gasteiger partial charge in [0.15, 0.2) is 0 Å². The number of hydrogen-bond acceptors (Lipinski definition) is 6. The average Bonchev–Trinajstić information content (AvgIpc) is 2.35. The molecule has 5 N–H and O–H groups in total. The van der Waals surface area contributed by atoms with Crippen molar-refractivity contribution >= 4 is 43.9 Å². The van der Waals surface area contributed by atoms with Crippen LogP contribution in [0.25, 0.3) is 10.8 Å². The van der Waals surface area contributed by atoms with Crippen molar-refractivity contribution in [2.45, 2.75) is 4.90 Å². The van der Waals surface area contributed by atoms with Crippen LogP contribution in [-0.4, -0.2) is 28.7 Å². The molecule has 2 aromatic rings. The maximum absolute atomic E-state index is 11.2. The van der Waals surface area contributed by atoms with Gasteiger partial charge in [-0.3, -0.25) is 0 Å². The van der Waals surface area contributed by atoms with E-state index < -0.39 is 20.8 Å². The van der Waals surface area contributed by atoms with Crippen LogP contribution < -0.4 is 35.3 Å². The molecule has 22 heavy (non-hydrogen) atoms. The summed E-state index contributed by atoms with van der Waals surface area (Å²) in [6, 6.07) is 6.92. The first-order chi connectivity index (χ1) is 9.30. The second kappa shape index (κ2) is 7.92. The molecule has 0 bridgehead atoms. The van der Waals surface area contributed by atoms with Crippen LogP contribution in [-0.2, 0) is 10.1 Å². The van der Waals surface area contributed by atoms with Crippen molar-refractivity contribution in [3.8, 4) is 5.75 Å². The number of nitrogens with two attached hydrogens (primary N) is 1. The number of fused-ring (bicyclic) bond motifs is 1.